The second-order valence-electron chi connectivity index (χ2n) is 7.98. The van der Waals surface area contributed by atoms with E-state index in [2.05, 4.69) is 30.8 Å². The molecule has 1 aliphatic heterocycles. The van der Waals surface area contributed by atoms with Crippen LogP contribution in [0.2, 0.25) is 0 Å². The lowest BCUT2D eigenvalue weighted by atomic mass is 9.92. The lowest BCUT2D eigenvalue weighted by Crippen LogP contribution is -2.48. The Balaban J connectivity index is 1.60. The van der Waals surface area contributed by atoms with E-state index in [4.69, 9.17) is 0 Å². The van der Waals surface area contributed by atoms with Crippen molar-refractivity contribution < 1.29 is 9.18 Å². The number of halogens is 1. The summed E-state index contributed by atoms with van der Waals surface area (Å²) in [6, 6.07) is 8.52. The normalized spacial score (nSPS) is 16.1. The molecule has 0 spiro atoms. The highest BCUT2D eigenvalue weighted by molar-refractivity contribution is 5.92. The van der Waals surface area contributed by atoms with Crippen LogP contribution in [0.3, 0.4) is 0 Å². The highest BCUT2D eigenvalue weighted by Crippen LogP contribution is 2.22. The number of aromatic nitrogens is 2. The van der Waals surface area contributed by atoms with Gasteiger partial charge in [-0.2, -0.15) is 5.10 Å². The fourth-order valence-electron chi connectivity index (χ4n) is 3.15. The van der Waals surface area contributed by atoms with Crippen LogP contribution in [-0.2, 0) is 19.0 Å². The predicted molar refractivity (Wildman–Crippen MR) is 99.5 cm³/mol. The first kappa shape index (κ1) is 18.6. The molecule has 1 amide bonds. The minimum Gasteiger partial charge on any atom is -0.335 e. The number of nitrogens with zero attached hydrogens (tertiary/aromatic N) is 4. The molecule has 140 valence electrons. The van der Waals surface area contributed by atoms with Gasteiger partial charge in [-0.05, 0) is 23.8 Å². The number of hydrogen-bond donors (Lipinski definition) is 0. The summed E-state index contributed by atoms with van der Waals surface area (Å²) in [5.74, 6) is -0.174. The number of rotatable bonds is 3. The minimum atomic E-state index is -0.213. The second-order valence-corrected chi connectivity index (χ2v) is 7.98. The molecule has 0 aliphatic carbocycles. The Morgan fingerprint density at radius 3 is 2.27 bits per heavy atom. The third kappa shape index (κ3) is 4.12. The molecular formula is C20H27FN4O. The van der Waals surface area contributed by atoms with E-state index in [-0.39, 0.29) is 17.1 Å². The molecular weight excluding hydrogens is 331 g/mol. The Hall–Kier alpha value is -2.21. The standard InChI is InChI=1S/C20H27FN4O/c1-20(2,3)18-13-17(23(4)22-18)19(26)25-11-9-24(10-12-25)14-15-5-7-16(21)8-6-15/h5-8,13H,9-12,14H2,1-4H3. The van der Waals surface area contributed by atoms with Gasteiger partial charge in [0.1, 0.15) is 11.5 Å². The fourth-order valence-corrected chi connectivity index (χ4v) is 3.15. The van der Waals surface area contributed by atoms with Crippen molar-refractivity contribution >= 4 is 5.91 Å². The third-order valence-electron chi connectivity index (χ3n) is 4.85. The van der Waals surface area contributed by atoms with Crippen LogP contribution < -0.4 is 0 Å². The molecule has 0 saturated carbocycles. The first-order valence-electron chi connectivity index (χ1n) is 9.04. The molecule has 3 rings (SSSR count). The quantitative estimate of drug-likeness (QED) is 0.847. The van der Waals surface area contributed by atoms with Crippen LogP contribution in [-0.4, -0.2) is 51.7 Å². The number of carbonyl (C=O) groups is 1. The minimum absolute atomic E-state index is 0.0388. The molecule has 1 aliphatic rings. The molecule has 1 fully saturated rings. The summed E-state index contributed by atoms with van der Waals surface area (Å²) in [6.45, 7) is 10.1. The zero-order valence-electron chi connectivity index (χ0n) is 16.0. The van der Waals surface area contributed by atoms with Crippen LogP contribution >= 0.6 is 0 Å². The van der Waals surface area contributed by atoms with Gasteiger partial charge in [0, 0.05) is 45.2 Å². The molecule has 0 radical (unpaired) electrons. The van der Waals surface area contributed by atoms with Gasteiger partial charge in [-0.3, -0.25) is 14.4 Å². The van der Waals surface area contributed by atoms with Crippen molar-refractivity contribution in [3.05, 3.63) is 53.1 Å². The molecule has 1 aromatic carbocycles. The van der Waals surface area contributed by atoms with Crippen LogP contribution in [0.5, 0.6) is 0 Å². The molecule has 0 N–H and O–H groups in total. The van der Waals surface area contributed by atoms with Crippen LogP contribution in [0, 0.1) is 5.82 Å². The number of aryl methyl sites for hydroxylation is 1. The lowest BCUT2D eigenvalue weighted by Gasteiger charge is -2.34. The van der Waals surface area contributed by atoms with Gasteiger partial charge in [0.05, 0.1) is 5.69 Å². The average molecular weight is 358 g/mol. The van der Waals surface area contributed by atoms with Crippen molar-refractivity contribution in [3.63, 3.8) is 0 Å². The van der Waals surface area contributed by atoms with E-state index in [0.717, 1.165) is 30.9 Å². The van der Waals surface area contributed by atoms with E-state index in [1.165, 1.54) is 12.1 Å². The maximum absolute atomic E-state index is 13.0. The highest BCUT2D eigenvalue weighted by Gasteiger charge is 2.27. The number of amides is 1. The number of piperazine rings is 1. The molecule has 1 saturated heterocycles. The Kier molecular flexibility index (Phi) is 5.14. The predicted octanol–water partition coefficient (Wildman–Crippen LogP) is 2.81. The second kappa shape index (κ2) is 7.19. The van der Waals surface area contributed by atoms with Crippen molar-refractivity contribution in [3.8, 4) is 0 Å². The number of benzene rings is 1. The van der Waals surface area contributed by atoms with Crippen molar-refractivity contribution in [1.82, 2.24) is 19.6 Å². The lowest BCUT2D eigenvalue weighted by molar-refractivity contribution is 0.0617. The summed E-state index contributed by atoms with van der Waals surface area (Å²) in [6.07, 6.45) is 0. The Morgan fingerprint density at radius 2 is 1.73 bits per heavy atom. The molecule has 0 bridgehead atoms. The molecule has 1 aromatic heterocycles. The van der Waals surface area contributed by atoms with Crippen molar-refractivity contribution in [2.75, 3.05) is 26.2 Å². The smallest absolute Gasteiger partial charge is 0.272 e. The van der Waals surface area contributed by atoms with Gasteiger partial charge in [0.25, 0.3) is 5.91 Å². The summed E-state index contributed by atoms with van der Waals surface area (Å²) in [4.78, 5) is 17.1. The third-order valence-corrected chi connectivity index (χ3v) is 4.85. The highest BCUT2D eigenvalue weighted by atomic mass is 19.1. The molecule has 0 unspecified atom stereocenters. The van der Waals surface area contributed by atoms with Gasteiger partial charge >= 0.3 is 0 Å². The molecule has 5 nitrogen and oxygen atoms in total. The maximum Gasteiger partial charge on any atom is 0.272 e. The van der Waals surface area contributed by atoms with Crippen LogP contribution in [0.1, 0.15) is 42.5 Å². The summed E-state index contributed by atoms with van der Waals surface area (Å²) in [5.41, 5.74) is 2.58. The van der Waals surface area contributed by atoms with E-state index in [9.17, 15) is 9.18 Å². The van der Waals surface area contributed by atoms with E-state index in [1.54, 1.807) is 4.68 Å². The van der Waals surface area contributed by atoms with Crippen LogP contribution in [0.25, 0.3) is 0 Å². The van der Waals surface area contributed by atoms with Gasteiger partial charge in [-0.15, -0.1) is 0 Å². The first-order valence-corrected chi connectivity index (χ1v) is 9.04. The zero-order chi connectivity index (χ0) is 18.9. The molecule has 0 atom stereocenters. The Morgan fingerprint density at radius 1 is 1.12 bits per heavy atom. The van der Waals surface area contributed by atoms with Gasteiger partial charge in [0.15, 0.2) is 0 Å². The zero-order valence-corrected chi connectivity index (χ0v) is 16.0. The average Bonchev–Trinajstić information content (AvgIpc) is 2.99. The van der Waals surface area contributed by atoms with Crippen LogP contribution in [0.15, 0.2) is 30.3 Å². The largest absolute Gasteiger partial charge is 0.335 e. The number of carbonyl (C=O) groups excluding carboxylic acids is 1. The Labute approximate surface area is 154 Å². The van der Waals surface area contributed by atoms with E-state index in [0.29, 0.717) is 18.8 Å². The Bertz CT molecular complexity index is 768. The van der Waals surface area contributed by atoms with Crippen molar-refractivity contribution in [2.45, 2.75) is 32.7 Å². The number of hydrogen-bond acceptors (Lipinski definition) is 3. The first-order chi connectivity index (χ1) is 12.2. The molecule has 2 aromatic rings. The fraction of sp³-hybridized carbons (Fsp3) is 0.500. The van der Waals surface area contributed by atoms with E-state index < -0.39 is 0 Å². The summed E-state index contributed by atoms with van der Waals surface area (Å²) in [7, 11) is 1.83. The molecule has 2 heterocycles. The van der Waals surface area contributed by atoms with Gasteiger partial charge in [-0.25, -0.2) is 4.39 Å². The molecule has 6 heteroatoms. The maximum atomic E-state index is 13.0. The van der Waals surface area contributed by atoms with Gasteiger partial charge in [0.2, 0.25) is 0 Å². The van der Waals surface area contributed by atoms with Crippen molar-refractivity contribution in [2.24, 2.45) is 7.05 Å². The van der Waals surface area contributed by atoms with Gasteiger partial charge < -0.3 is 4.90 Å². The summed E-state index contributed by atoms with van der Waals surface area (Å²) < 4.78 is 14.7. The van der Waals surface area contributed by atoms with E-state index in [1.807, 2.05) is 30.1 Å². The van der Waals surface area contributed by atoms with Crippen molar-refractivity contribution in [1.29, 1.82) is 0 Å². The molecule has 26 heavy (non-hydrogen) atoms. The summed E-state index contributed by atoms with van der Waals surface area (Å²) >= 11 is 0. The van der Waals surface area contributed by atoms with Gasteiger partial charge in [-0.1, -0.05) is 32.9 Å². The summed E-state index contributed by atoms with van der Waals surface area (Å²) in [5, 5.41) is 4.50. The monoisotopic (exact) mass is 358 g/mol. The topological polar surface area (TPSA) is 41.4 Å². The SMILES string of the molecule is Cn1nc(C(C)(C)C)cc1C(=O)N1CCN(Cc2ccc(F)cc2)CC1. The van der Waals surface area contributed by atoms with E-state index >= 15 is 0 Å². The van der Waals surface area contributed by atoms with Crippen LogP contribution in [0.4, 0.5) is 4.39 Å².